The molecule has 1 aromatic rings. The van der Waals surface area contributed by atoms with Crippen LogP contribution in [0.15, 0.2) is 29.2 Å². The first-order valence-corrected chi connectivity index (χ1v) is 8.98. The Morgan fingerprint density at radius 3 is 2.32 bits per heavy atom. The van der Waals surface area contributed by atoms with Crippen LogP contribution in [0.2, 0.25) is 0 Å². The van der Waals surface area contributed by atoms with Crippen molar-refractivity contribution < 1.29 is 27.5 Å². The van der Waals surface area contributed by atoms with E-state index in [1.54, 1.807) is 19.1 Å². The maximum absolute atomic E-state index is 12.0. The second kappa shape index (κ2) is 9.14. The Labute approximate surface area is 146 Å². The van der Waals surface area contributed by atoms with E-state index >= 15 is 0 Å². The number of amides is 3. The zero-order valence-electron chi connectivity index (χ0n) is 14.2. The Kier molecular flexibility index (Phi) is 7.52. The predicted octanol–water partition coefficient (Wildman–Crippen LogP) is 0.0507. The van der Waals surface area contributed by atoms with Crippen LogP contribution in [0.25, 0.3) is 0 Å². The van der Waals surface area contributed by atoms with Crippen molar-refractivity contribution in [1.82, 2.24) is 15.4 Å². The maximum Gasteiger partial charge on any atom is 0.321 e. The fourth-order valence-electron chi connectivity index (χ4n) is 1.67. The number of esters is 1. The molecule has 0 aliphatic rings. The van der Waals surface area contributed by atoms with Crippen LogP contribution in [0.1, 0.15) is 19.4 Å². The molecule has 10 heteroatoms. The van der Waals surface area contributed by atoms with Crippen LogP contribution in [0, 0.1) is 6.92 Å². The van der Waals surface area contributed by atoms with Gasteiger partial charge in [-0.2, -0.15) is 4.72 Å². The van der Waals surface area contributed by atoms with Gasteiger partial charge in [0.1, 0.15) is 6.54 Å². The van der Waals surface area contributed by atoms with Crippen molar-refractivity contribution in [3.8, 4) is 0 Å². The summed E-state index contributed by atoms with van der Waals surface area (Å²) in [5.74, 6) is -1.77. The van der Waals surface area contributed by atoms with Gasteiger partial charge in [0.2, 0.25) is 10.0 Å². The molecule has 0 saturated carbocycles. The van der Waals surface area contributed by atoms with Gasteiger partial charge in [-0.1, -0.05) is 17.7 Å². The number of ether oxygens (including phenoxy) is 1. The number of rotatable bonds is 7. The Hall–Kier alpha value is -2.46. The summed E-state index contributed by atoms with van der Waals surface area (Å²) in [6, 6.07) is 5.36. The van der Waals surface area contributed by atoms with Crippen molar-refractivity contribution in [3.05, 3.63) is 29.8 Å². The van der Waals surface area contributed by atoms with Crippen LogP contribution >= 0.6 is 0 Å². The summed E-state index contributed by atoms with van der Waals surface area (Å²) in [5, 5.41) is 4.33. The quantitative estimate of drug-likeness (QED) is 0.581. The van der Waals surface area contributed by atoms with E-state index in [0.717, 1.165) is 5.56 Å². The van der Waals surface area contributed by atoms with Gasteiger partial charge in [-0.15, -0.1) is 0 Å². The van der Waals surface area contributed by atoms with Gasteiger partial charge in [0.15, 0.2) is 6.10 Å². The Morgan fingerprint density at radius 2 is 1.76 bits per heavy atom. The molecule has 0 spiro atoms. The molecule has 0 aliphatic carbocycles. The van der Waals surface area contributed by atoms with E-state index < -0.39 is 40.6 Å². The van der Waals surface area contributed by atoms with Crippen molar-refractivity contribution in [1.29, 1.82) is 0 Å². The summed E-state index contributed by atoms with van der Waals surface area (Å²) in [6.45, 7) is 4.44. The minimum Gasteiger partial charge on any atom is -0.452 e. The summed E-state index contributed by atoms with van der Waals surface area (Å²) in [7, 11) is -3.87. The molecule has 9 nitrogen and oxygen atoms in total. The highest BCUT2D eigenvalue weighted by atomic mass is 32.2. The minimum absolute atomic E-state index is 0.00734. The van der Waals surface area contributed by atoms with Crippen molar-refractivity contribution in [3.63, 3.8) is 0 Å². The van der Waals surface area contributed by atoms with Gasteiger partial charge in [-0.05, 0) is 32.9 Å². The average molecular weight is 371 g/mol. The first-order valence-electron chi connectivity index (χ1n) is 7.50. The Bertz CT molecular complexity index is 730. The van der Waals surface area contributed by atoms with E-state index in [-0.39, 0.29) is 4.90 Å². The number of sulfonamides is 1. The average Bonchev–Trinajstić information content (AvgIpc) is 2.53. The first kappa shape index (κ1) is 20.6. The highest BCUT2D eigenvalue weighted by Gasteiger charge is 2.21. The number of hydrogen-bond donors (Lipinski definition) is 3. The molecule has 0 bridgehead atoms. The first-order chi connectivity index (χ1) is 11.7. The summed E-state index contributed by atoms with van der Waals surface area (Å²) < 4.78 is 30.9. The molecule has 0 saturated heterocycles. The van der Waals surface area contributed by atoms with Gasteiger partial charge in [0, 0.05) is 6.54 Å². The van der Waals surface area contributed by atoms with E-state index in [2.05, 4.69) is 10.0 Å². The smallest absolute Gasteiger partial charge is 0.321 e. The molecule has 0 aromatic heterocycles. The third-order valence-corrected chi connectivity index (χ3v) is 4.41. The number of carbonyl (C=O) groups is 3. The molecule has 3 amide bonds. The van der Waals surface area contributed by atoms with Crippen molar-refractivity contribution in [2.45, 2.75) is 31.8 Å². The van der Waals surface area contributed by atoms with Gasteiger partial charge < -0.3 is 10.1 Å². The van der Waals surface area contributed by atoms with E-state index in [4.69, 9.17) is 4.74 Å². The Balaban J connectivity index is 2.52. The monoisotopic (exact) mass is 371 g/mol. The van der Waals surface area contributed by atoms with E-state index in [1.165, 1.54) is 19.1 Å². The number of imide groups is 1. The molecule has 0 heterocycles. The number of benzene rings is 1. The largest absolute Gasteiger partial charge is 0.452 e. The molecule has 0 aliphatic heterocycles. The van der Waals surface area contributed by atoms with Crippen molar-refractivity contribution in [2.75, 3.05) is 13.1 Å². The fraction of sp³-hybridized carbons (Fsp3) is 0.400. The molecule has 1 unspecified atom stereocenters. The normalized spacial score (nSPS) is 12.1. The number of nitrogens with one attached hydrogen (secondary N) is 3. The molecule has 0 fully saturated rings. The maximum atomic E-state index is 12.0. The number of carbonyl (C=O) groups excluding carboxylic acids is 3. The molecule has 0 radical (unpaired) electrons. The van der Waals surface area contributed by atoms with Crippen LogP contribution in [0.3, 0.4) is 0 Å². The standard InChI is InChI=1S/C15H21N3O6S/c1-4-16-15(21)18-14(20)11(3)24-13(19)9-17-25(22,23)12-7-5-10(2)6-8-12/h5-8,11,17H,4,9H2,1-3H3,(H2,16,18,20,21). The van der Waals surface area contributed by atoms with Crippen molar-refractivity contribution in [2.24, 2.45) is 0 Å². The second-order valence-corrected chi connectivity index (χ2v) is 6.89. The Morgan fingerprint density at radius 1 is 1.16 bits per heavy atom. The van der Waals surface area contributed by atoms with Gasteiger partial charge in [0.05, 0.1) is 4.90 Å². The predicted molar refractivity (Wildman–Crippen MR) is 89.1 cm³/mol. The summed E-state index contributed by atoms with van der Waals surface area (Å²) in [6.07, 6.45) is -1.25. The van der Waals surface area contributed by atoms with Crippen LogP contribution < -0.4 is 15.4 Å². The zero-order chi connectivity index (χ0) is 19.0. The lowest BCUT2D eigenvalue weighted by Crippen LogP contribution is -2.45. The number of urea groups is 1. The second-order valence-electron chi connectivity index (χ2n) is 5.12. The van der Waals surface area contributed by atoms with Gasteiger partial charge in [-0.25, -0.2) is 13.2 Å². The molecule has 1 aromatic carbocycles. The van der Waals surface area contributed by atoms with Gasteiger partial charge in [-0.3, -0.25) is 14.9 Å². The van der Waals surface area contributed by atoms with E-state index in [1.807, 2.05) is 12.2 Å². The molecular weight excluding hydrogens is 350 g/mol. The lowest BCUT2D eigenvalue weighted by molar-refractivity contribution is -0.153. The van der Waals surface area contributed by atoms with E-state index in [9.17, 15) is 22.8 Å². The summed E-state index contributed by atoms with van der Waals surface area (Å²) in [5.41, 5.74) is 0.894. The third-order valence-electron chi connectivity index (χ3n) is 2.99. The molecule has 25 heavy (non-hydrogen) atoms. The lowest BCUT2D eigenvalue weighted by atomic mass is 10.2. The summed E-state index contributed by atoms with van der Waals surface area (Å²) in [4.78, 5) is 34.5. The minimum atomic E-state index is -3.87. The van der Waals surface area contributed by atoms with Crippen LogP contribution in [0.4, 0.5) is 4.79 Å². The molecule has 3 N–H and O–H groups in total. The van der Waals surface area contributed by atoms with Gasteiger partial charge in [0.25, 0.3) is 5.91 Å². The van der Waals surface area contributed by atoms with Crippen LogP contribution in [-0.4, -0.2) is 45.5 Å². The fourth-order valence-corrected chi connectivity index (χ4v) is 2.63. The third kappa shape index (κ3) is 6.89. The highest BCUT2D eigenvalue weighted by Crippen LogP contribution is 2.09. The summed E-state index contributed by atoms with van der Waals surface area (Å²) >= 11 is 0. The highest BCUT2D eigenvalue weighted by molar-refractivity contribution is 7.89. The van der Waals surface area contributed by atoms with E-state index in [0.29, 0.717) is 6.54 Å². The molecular formula is C15H21N3O6S. The lowest BCUT2D eigenvalue weighted by Gasteiger charge is -2.13. The SMILES string of the molecule is CCNC(=O)NC(=O)C(C)OC(=O)CNS(=O)(=O)c1ccc(C)cc1. The van der Waals surface area contributed by atoms with Gasteiger partial charge >= 0.3 is 12.0 Å². The number of aryl methyl sites for hydroxylation is 1. The molecule has 1 atom stereocenters. The number of hydrogen-bond acceptors (Lipinski definition) is 6. The van der Waals surface area contributed by atoms with Crippen LogP contribution in [0.5, 0.6) is 0 Å². The zero-order valence-corrected chi connectivity index (χ0v) is 15.0. The van der Waals surface area contributed by atoms with Crippen LogP contribution in [-0.2, 0) is 24.3 Å². The molecule has 1 rings (SSSR count). The molecule has 138 valence electrons. The van der Waals surface area contributed by atoms with Crippen molar-refractivity contribution >= 4 is 27.9 Å². The topological polar surface area (TPSA) is 131 Å².